The van der Waals surface area contributed by atoms with Crippen LogP contribution in [0.5, 0.6) is 11.5 Å². The molecule has 0 aromatic heterocycles. The summed E-state index contributed by atoms with van der Waals surface area (Å²) >= 11 is 12.0. The van der Waals surface area contributed by atoms with Gasteiger partial charge in [-0.15, -0.1) is 0 Å². The van der Waals surface area contributed by atoms with Gasteiger partial charge in [-0.25, -0.2) is 0 Å². The van der Waals surface area contributed by atoms with E-state index < -0.39 is 5.91 Å². The maximum absolute atomic E-state index is 12.3. The Morgan fingerprint density at radius 2 is 1.90 bits per heavy atom. The number of halogens is 2. The number of aromatic hydroxyl groups is 1. The molecule has 1 amide bonds. The van der Waals surface area contributed by atoms with E-state index in [0.29, 0.717) is 23.1 Å². The predicted octanol–water partition coefficient (Wildman–Crippen LogP) is 4.35. The van der Waals surface area contributed by atoms with Gasteiger partial charge < -0.3 is 15.2 Å². The summed E-state index contributed by atoms with van der Waals surface area (Å²) in [5, 5.41) is 12.5. The monoisotopic (exact) mass is 325 g/mol. The van der Waals surface area contributed by atoms with Gasteiger partial charge in [-0.3, -0.25) is 4.79 Å². The zero-order chi connectivity index (χ0) is 15.4. The van der Waals surface area contributed by atoms with Crippen molar-refractivity contribution in [1.29, 1.82) is 0 Å². The van der Waals surface area contributed by atoms with Crippen LogP contribution in [0.25, 0.3) is 0 Å². The molecule has 2 aromatic rings. The Labute approximate surface area is 132 Å². The summed E-state index contributed by atoms with van der Waals surface area (Å²) in [6, 6.07) is 9.13. The van der Waals surface area contributed by atoms with E-state index in [1.54, 1.807) is 19.1 Å². The number of benzene rings is 2. The number of rotatable bonds is 4. The van der Waals surface area contributed by atoms with E-state index in [2.05, 4.69) is 5.32 Å². The van der Waals surface area contributed by atoms with E-state index >= 15 is 0 Å². The third-order valence-corrected chi connectivity index (χ3v) is 3.17. The normalized spacial score (nSPS) is 10.2. The van der Waals surface area contributed by atoms with Gasteiger partial charge in [0.05, 0.1) is 17.2 Å². The van der Waals surface area contributed by atoms with Crippen LogP contribution in [-0.4, -0.2) is 17.6 Å². The molecule has 0 fully saturated rings. The van der Waals surface area contributed by atoms with Crippen LogP contribution in [0.2, 0.25) is 10.0 Å². The van der Waals surface area contributed by atoms with Crippen molar-refractivity contribution in [2.75, 3.05) is 11.9 Å². The molecular weight excluding hydrogens is 313 g/mol. The molecule has 0 heterocycles. The van der Waals surface area contributed by atoms with E-state index in [0.717, 1.165) is 0 Å². The summed E-state index contributed by atoms with van der Waals surface area (Å²) in [5.74, 6) is 0.0159. The molecule has 0 unspecified atom stereocenters. The minimum Gasteiger partial charge on any atom is -0.508 e. The lowest BCUT2D eigenvalue weighted by Crippen LogP contribution is -2.14. The van der Waals surface area contributed by atoms with Crippen molar-refractivity contribution in [1.82, 2.24) is 0 Å². The van der Waals surface area contributed by atoms with Crippen LogP contribution < -0.4 is 10.1 Å². The van der Waals surface area contributed by atoms with Gasteiger partial charge in [0.1, 0.15) is 5.75 Å². The Morgan fingerprint density at radius 1 is 1.24 bits per heavy atom. The maximum atomic E-state index is 12.3. The van der Waals surface area contributed by atoms with E-state index in [9.17, 15) is 9.90 Å². The fraction of sp³-hybridized carbons (Fsp3) is 0.133. The molecule has 6 heteroatoms. The van der Waals surface area contributed by atoms with Crippen molar-refractivity contribution in [3.8, 4) is 11.5 Å². The minimum absolute atomic E-state index is 0.119. The van der Waals surface area contributed by atoms with Gasteiger partial charge in [0.25, 0.3) is 5.91 Å². The van der Waals surface area contributed by atoms with E-state index in [1.165, 1.54) is 24.3 Å². The number of nitrogens with one attached hydrogen (secondary N) is 1. The Morgan fingerprint density at radius 3 is 2.52 bits per heavy atom. The topological polar surface area (TPSA) is 58.6 Å². The number of ether oxygens (including phenoxy) is 1. The summed E-state index contributed by atoms with van der Waals surface area (Å²) in [6.45, 7) is 2.17. The summed E-state index contributed by atoms with van der Waals surface area (Å²) in [4.78, 5) is 12.3. The first-order valence-electron chi connectivity index (χ1n) is 6.23. The fourth-order valence-corrected chi connectivity index (χ4v) is 2.31. The zero-order valence-electron chi connectivity index (χ0n) is 11.2. The maximum Gasteiger partial charge on any atom is 0.259 e. The molecule has 4 nitrogen and oxygen atoms in total. The molecule has 2 aromatic carbocycles. The molecule has 0 atom stereocenters. The average Bonchev–Trinajstić information content (AvgIpc) is 2.44. The second-order valence-corrected chi connectivity index (χ2v) is 5.04. The number of carbonyl (C=O) groups is 1. The highest BCUT2D eigenvalue weighted by atomic mass is 35.5. The predicted molar refractivity (Wildman–Crippen MR) is 83.7 cm³/mol. The molecule has 2 rings (SSSR count). The molecule has 0 aliphatic carbocycles. The molecule has 0 aliphatic heterocycles. The van der Waals surface area contributed by atoms with E-state index in [4.69, 9.17) is 27.9 Å². The van der Waals surface area contributed by atoms with Crippen molar-refractivity contribution >= 4 is 34.8 Å². The van der Waals surface area contributed by atoms with Crippen molar-refractivity contribution in [3.63, 3.8) is 0 Å². The quantitative estimate of drug-likeness (QED) is 0.821. The van der Waals surface area contributed by atoms with Crippen LogP contribution in [0, 0.1) is 0 Å². The van der Waals surface area contributed by atoms with Crippen LogP contribution in [0.1, 0.15) is 17.3 Å². The second-order valence-electron chi connectivity index (χ2n) is 4.20. The number of hydrogen-bond donors (Lipinski definition) is 2. The molecule has 0 bridgehead atoms. The molecule has 2 N–H and O–H groups in total. The molecule has 110 valence electrons. The van der Waals surface area contributed by atoms with Crippen molar-refractivity contribution in [2.24, 2.45) is 0 Å². The largest absolute Gasteiger partial charge is 0.508 e. The SMILES string of the molecule is CCOc1c(Cl)cc(Cl)cc1C(=O)Nc1ccc(O)cc1. The van der Waals surface area contributed by atoms with Crippen LogP contribution >= 0.6 is 23.2 Å². The van der Waals surface area contributed by atoms with Gasteiger partial charge >= 0.3 is 0 Å². The number of phenolic OH excluding ortho intramolecular Hbond substituents is 1. The van der Waals surface area contributed by atoms with Gasteiger partial charge in [-0.1, -0.05) is 23.2 Å². The Hall–Kier alpha value is -1.91. The third kappa shape index (κ3) is 3.80. The van der Waals surface area contributed by atoms with E-state index in [1.807, 2.05) is 0 Å². The van der Waals surface area contributed by atoms with Gasteiger partial charge in [-0.05, 0) is 43.3 Å². The molecule has 0 radical (unpaired) electrons. The summed E-state index contributed by atoms with van der Waals surface area (Å²) in [6.07, 6.45) is 0. The number of phenols is 1. The van der Waals surface area contributed by atoms with Crippen molar-refractivity contribution in [2.45, 2.75) is 6.92 Å². The Balaban J connectivity index is 2.31. The van der Waals surface area contributed by atoms with Crippen LogP contribution in [-0.2, 0) is 0 Å². The first-order chi connectivity index (χ1) is 10.0. The minimum atomic E-state index is -0.395. The van der Waals surface area contributed by atoms with Gasteiger partial charge in [0.2, 0.25) is 0 Å². The molecule has 0 spiro atoms. The number of anilines is 1. The average molecular weight is 326 g/mol. The number of amides is 1. The van der Waals surface area contributed by atoms with Crippen molar-refractivity contribution in [3.05, 3.63) is 52.0 Å². The lowest BCUT2D eigenvalue weighted by Gasteiger charge is -2.13. The lowest BCUT2D eigenvalue weighted by molar-refractivity contribution is 0.102. The molecule has 0 saturated carbocycles. The van der Waals surface area contributed by atoms with E-state index in [-0.39, 0.29) is 16.3 Å². The fourth-order valence-electron chi connectivity index (χ4n) is 1.76. The first-order valence-corrected chi connectivity index (χ1v) is 6.99. The Kier molecular flexibility index (Phi) is 4.94. The van der Waals surface area contributed by atoms with Crippen LogP contribution in [0.4, 0.5) is 5.69 Å². The van der Waals surface area contributed by atoms with Crippen molar-refractivity contribution < 1.29 is 14.6 Å². The smallest absolute Gasteiger partial charge is 0.259 e. The highest BCUT2D eigenvalue weighted by Crippen LogP contribution is 2.33. The highest BCUT2D eigenvalue weighted by molar-refractivity contribution is 6.36. The summed E-state index contributed by atoms with van der Waals surface area (Å²) < 4.78 is 5.41. The Bertz CT molecular complexity index is 657. The van der Waals surface area contributed by atoms with Crippen LogP contribution in [0.15, 0.2) is 36.4 Å². The molecule has 0 saturated heterocycles. The summed E-state index contributed by atoms with van der Waals surface area (Å²) in [5.41, 5.74) is 0.791. The standard InChI is InChI=1S/C15H13Cl2NO3/c1-2-21-14-12(7-9(16)8-13(14)17)15(20)18-10-3-5-11(19)6-4-10/h3-8,19H,2H2,1H3,(H,18,20). The number of hydrogen-bond acceptors (Lipinski definition) is 3. The van der Waals surface area contributed by atoms with Gasteiger partial charge in [-0.2, -0.15) is 0 Å². The molecule has 21 heavy (non-hydrogen) atoms. The summed E-state index contributed by atoms with van der Waals surface area (Å²) in [7, 11) is 0. The highest BCUT2D eigenvalue weighted by Gasteiger charge is 2.17. The lowest BCUT2D eigenvalue weighted by atomic mass is 10.1. The molecular formula is C15H13Cl2NO3. The second kappa shape index (κ2) is 6.70. The van der Waals surface area contributed by atoms with Gasteiger partial charge in [0.15, 0.2) is 5.75 Å². The van der Waals surface area contributed by atoms with Gasteiger partial charge in [0, 0.05) is 10.7 Å². The van der Waals surface area contributed by atoms with Crippen LogP contribution in [0.3, 0.4) is 0 Å². The first kappa shape index (κ1) is 15.5. The number of carbonyl (C=O) groups excluding carboxylic acids is 1. The third-order valence-electron chi connectivity index (χ3n) is 2.67. The zero-order valence-corrected chi connectivity index (χ0v) is 12.7. The molecule has 0 aliphatic rings.